The molecular weight excluding hydrogens is 262 g/mol. The van der Waals surface area contributed by atoms with Crippen molar-refractivity contribution >= 4 is 5.91 Å². The molecule has 1 unspecified atom stereocenters. The summed E-state index contributed by atoms with van der Waals surface area (Å²) < 4.78 is 0. The van der Waals surface area contributed by atoms with Crippen molar-refractivity contribution in [2.24, 2.45) is 0 Å². The third-order valence-corrected chi connectivity index (χ3v) is 3.45. The van der Waals surface area contributed by atoms with Crippen LogP contribution in [-0.4, -0.2) is 13.0 Å². The molecule has 0 radical (unpaired) electrons. The van der Waals surface area contributed by atoms with E-state index in [1.54, 1.807) is 0 Å². The highest BCUT2D eigenvalue weighted by molar-refractivity contribution is 5.76. The Morgan fingerprint density at radius 2 is 1.67 bits per heavy atom. The smallest absolute Gasteiger partial charge is 0.244 e. The van der Waals surface area contributed by atoms with Crippen LogP contribution in [0.15, 0.2) is 48.5 Å². The minimum absolute atomic E-state index is 0.0277. The fraction of sp³-hybridized carbons (Fsp3) is 0.278. The van der Waals surface area contributed by atoms with Gasteiger partial charge in [0.15, 0.2) is 0 Å². The van der Waals surface area contributed by atoms with E-state index >= 15 is 0 Å². The molecule has 0 saturated heterocycles. The van der Waals surface area contributed by atoms with E-state index in [2.05, 4.69) is 49.7 Å². The summed E-state index contributed by atoms with van der Waals surface area (Å²) in [6, 6.07) is 16.5. The van der Waals surface area contributed by atoms with Gasteiger partial charge in [0.2, 0.25) is 5.91 Å². The van der Waals surface area contributed by atoms with Gasteiger partial charge in [0.1, 0.15) is 0 Å². The summed E-state index contributed by atoms with van der Waals surface area (Å²) in [5, 5.41) is 0. The maximum absolute atomic E-state index is 11.9. The lowest BCUT2D eigenvalue weighted by Gasteiger charge is -2.18. The van der Waals surface area contributed by atoms with Crippen molar-refractivity contribution in [1.29, 1.82) is 0 Å². The molecule has 0 aromatic heterocycles. The average Bonchev–Trinajstić information content (AvgIpc) is 2.45. The number of benzene rings is 2. The molecule has 0 fully saturated rings. The molecular formula is C18H21NO2. The fourth-order valence-corrected chi connectivity index (χ4v) is 2.67. The Balaban J connectivity index is 2.37. The molecule has 21 heavy (non-hydrogen) atoms. The van der Waals surface area contributed by atoms with Crippen LogP contribution in [0.4, 0.5) is 0 Å². The first-order valence-corrected chi connectivity index (χ1v) is 7.05. The standard InChI is InChI=1S/C18H21NO2/c1-13-9-14(2)11-16(10-13)17(12-18(20)19-21-3)15-7-5-4-6-8-15/h4-11,17H,12H2,1-3H3,(H,19,20). The Bertz CT molecular complexity index is 588. The molecule has 2 aromatic rings. The van der Waals surface area contributed by atoms with Gasteiger partial charge in [-0.2, -0.15) is 0 Å². The van der Waals surface area contributed by atoms with E-state index in [9.17, 15) is 4.79 Å². The summed E-state index contributed by atoms with van der Waals surface area (Å²) in [6.07, 6.45) is 0.362. The topological polar surface area (TPSA) is 38.3 Å². The molecule has 0 heterocycles. The van der Waals surface area contributed by atoms with Crippen LogP contribution in [-0.2, 0) is 9.63 Å². The van der Waals surface area contributed by atoms with Gasteiger partial charge in [0.25, 0.3) is 0 Å². The van der Waals surface area contributed by atoms with Crippen molar-refractivity contribution in [3.63, 3.8) is 0 Å². The van der Waals surface area contributed by atoms with Crippen LogP contribution in [0.3, 0.4) is 0 Å². The quantitative estimate of drug-likeness (QED) is 0.853. The second-order valence-corrected chi connectivity index (χ2v) is 5.32. The summed E-state index contributed by atoms with van der Waals surface area (Å²) in [4.78, 5) is 16.7. The third kappa shape index (κ3) is 4.17. The Morgan fingerprint density at radius 3 is 2.24 bits per heavy atom. The number of rotatable bonds is 5. The molecule has 2 aromatic carbocycles. The van der Waals surface area contributed by atoms with Gasteiger partial charge in [-0.1, -0.05) is 59.7 Å². The minimum atomic E-state index is -0.120. The molecule has 0 spiro atoms. The van der Waals surface area contributed by atoms with E-state index in [-0.39, 0.29) is 11.8 Å². The molecule has 110 valence electrons. The molecule has 3 nitrogen and oxygen atoms in total. The van der Waals surface area contributed by atoms with Gasteiger partial charge in [0, 0.05) is 12.3 Å². The number of hydroxylamine groups is 1. The third-order valence-electron chi connectivity index (χ3n) is 3.45. The summed E-state index contributed by atoms with van der Waals surface area (Å²) >= 11 is 0. The Labute approximate surface area is 125 Å². The van der Waals surface area contributed by atoms with Crippen LogP contribution >= 0.6 is 0 Å². The first kappa shape index (κ1) is 15.3. The number of hydrogen-bond acceptors (Lipinski definition) is 2. The van der Waals surface area contributed by atoms with E-state index < -0.39 is 0 Å². The van der Waals surface area contributed by atoms with Gasteiger partial charge in [-0.15, -0.1) is 0 Å². The number of aryl methyl sites for hydroxylation is 2. The average molecular weight is 283 g/mol. The second-order valence-electron chi connectivity index (χ2n) is 5.32. The lowest BCUT2D eigenvalue weighted by Crippen LogP contribution is -2.24. The maximum atomic E-state index is 11.9. The minimum Gasteiger partial charge on any atom is -0.277 e. The van der Waals surface area contributed by atoms with E-state index in [0.717, 1.165) is 11.1 Å². The zero-order chi connectivity index (χ0) is 15.2. The van der Waals surface area contributed by atoms with Crippen molar-refractivity contribution in [3.8, 4) is 0 Å². The zero-order valence-electron chi connectivity index (χ0n) is 12.7. The van der Waals surface area contributed by atoms with Crippen LogP contribution in [0.5, 0.6) is 0 Å². The lowest BCUT2D eigenvalue weighted by molar-refractivity contribution is -0.131. The van der Waals surface area contributed by atoms with Gasteiger partial charge >= 0.3 is 0 Å². The summed E-state index contributed by atoms with van der Waals surface area (Å²) in [7, 11) is 1.45. The second kappa shape index (κ2) is 7.04. The highest BCUT2D eigenvalue weighted by atomic mass is 16.6. The van der Waals surface area contributed by atoms with E-state index in [1.807, 2.05) is 18.2 Å². The molecule has 0 saturated carbocycles. The van der Waals surface area contributed by atoms with Gasteiger partial charge in [0.05, 0.1) is 7.11 Å². The van der Waals surface area contributed by atoms with Crippen molar-refractivity contribution < 1.29 is 9.63 Å². The van der Waals surface area contributed by atoms with Crippen molar-refractivity contribution in [3.05, 3.63) is 70.8 Å². The zero-order valence-corrected chi connectivity index (χ0v) is 12.7. The molecule has 0 aliphatic heterocycles. The van der Waals surface area contributed by atoms with Gasteiger partial charge in [-0.05, 0) is 25.0 Å². The fourth-order valence-electron chi connectivity index (χ4n) is 2.67. The monoisotopic (exact) mass is 283 g/mol. The number of nitrogens with one attached hydrogen (secondary N) is 1. The Hall–Kier alpha value is -2.13. The van der Waals surface area contributed by atoms with Gasteiger partial charge < -0.3 is 0 Å². The SMILES string of the molecule is CONC(=O)CC(c1ccccc1)c1cc(C)cc(C)c1. The van der Waals surface area contributed by atoms with E-state index in [4.69, 9.17) is 4.84 Å². The summed E-state index contributed by atoms with van der Waals surface area (Å²) in [5.41, 5.74) is 7.11. The van der Waals surface area contributed by atoms with Crippen LogP contribution in [0.2, 0.25) is 0 Å². The molecule has 2 rings (SSSR count). The molecule has 1 N–H and O–H groups in total. The van der Waals surface area contributed by atoms with Crippen molar-refractivity contribution in [2.75, 3.05) is 7.11 Å². The van der Waals surface area contributed by atoms with Crippen molar-refractivity contribution in [1.82, 2.24) is 5.48 Å². The van der Waals surface area contributed by atoms with Gasteiger partial charge in [-0.25, -0.2) is 5.48 Å². The van der Waals surface area contributed by atoms with E-state index in [0.29, 0.717) is 6.42 Å². The molecule has 1 amide bonds. The highest BCUT2D eigenvalue weighted by Gasteiger charge is 2.18. The molecule has 1 atom stereocenters. The first-order chi connectivity index (χ1) is 10.1. The number of hydrogen-bond donors (Lipinski definition) is 1. The van der Waals surface area contributed by atoms with Crippen LogP contribution < -0.4 is 5.48 Å². The van der Waals surface area contributed by atoms with Crippen LogP contribution in [0.1, 0.15) is 34.6 Å². The largest absolute Gasteiger partial charge is 0.277 e. The number of amides is 1. The normalized spacial score (nSPS) is 12.0. The summed E-state index contributed by atoms with van der Waals surface area (Å²) in [6.45, 7) is 4.15. The van der Waals surface area contributed by atoms with E-state index in [1.165, 1.54) is 18.2 Å². The number of carbonyl (C=O) groups excluding carboxylic acids is 1. The molecule has 0 aliphatic rings. The van der Waals surface area contributed by atoms with Crippen LogP contribution in [0, 0.1) is 13.8 Å². The van der Waals surface area contributed by atoms with Gasteiger partial charge in [-0.3, -0.25) is 9.63 Å². The van der Waals surface area contributed by atoms with Crippen LogP contribution in [0.25, 0.3) is 0 Å². The highest BCUT2D eigenvalue weighted by Crippen LogP contribution is 2.29. The Kier molecular flexibility index (Phi) is 5.12. The van der Waals surface area contributed by atoms with Crippen molar-refractivity contribution in [2.45, 2.75) is 26.2 Å². The first-order valence-electron chi connectivity index (χ1n) is 7.05. The molecule has 3 heteroatoms. The summed E-state index contributed by atoms with van der Waals surface area (Å²) in [5.74, 6) is -0.0922. The molecule has 0 aliphatic carbocycles. The molecule has 0 bridgehead atoms. The maximum Gasteiger partial charge on any atom is 0.244 e. The number of carbonyl (C=O) groups is 1. The lowest BCUT2D eigenvalue weighted by atomic mass is 9.87. The predicted octanol–water partition coefficient (Wildman–Crippen LogP) is 3.50. The Morgan fingerprint density at radius 1 is 1.05 bits per heavy atom. The predicted molar refractivity (Wildman–Crippen MR) is 84.0 cm³/mol.